The summed E-state index contributed by atoms with van der Waals surface area (Å²) in [6.07, 6.45) is 3.70. The summed E-state index contributed by atoms with van der Waals surface area (Å²) in [6.45, 7) is 0. The lowest BCUT2D eigenvalue weighted by molar-refractivity contribution is -0.116. The first-order chi connectivity index (χ1) is 11.2. The van der Waals surface area contributed by atoms with Crippen LogP contribution < -0.4 is 10.6 Å². The summed E-state index contributed by atoms with van der Waals surface area (Å²) in [5.41, 5.74) is 2.08. The first-order valence-corrected chi connectivity index (χ1v) is 9.35. The van der Waals surface area contributed by atoms with E-state index in [4.69, 9.17) is 0 Å². The highest BCUT2D eigenvalue weighted by molar-refractivity contribution is 8.00. The Morgan fingerprint density at radius 1 is 1.43 bits per heavy atom. The van der Waals surface area contributed by atoms with E-state index >= 15 is 0 Å². The number of nitrogens with one attached hydrogen (secondary N) is 2. The number of carbonyl (C=O) groups excluding carboxylic acids is 2. The zero-order valence-corrected chi connectivity index (χ0v) is 14.1. The first-order valence-electron chi connectivity index (χ1n) is 7.42. The number of aromatic nitrogens is 1. The molecule has 23 heavy (non-hydrogen) atoms. The van der Waals surface area contributed by atoms with E-state index in [1.54, 1.807) is 18.0 Å². The third-order valence-corrected chi connectivity index (χ3v) is 5.55. The molecular weight excluding hydrogens is 330 g/mol. The Labute approximate surface area is 142 Å². The van der Waals surface area contributed by atoms with Crippen molar-refractivity contribution in [3.63, 3.8) is 0 Å². The molecule has 1 aromatic heterocycles. The molecule has 0 radical (unpaired) electrons. The van der Waals surface area contributed by atoms with Crippen molar-refractivity contribution in [2.45, 2.75) is 24.5 Å². The van der Waals surface area contributed by atoms with Gasteiger partial charge in [-0.15, -0.1) is 23.1 Å². The van der Waals surface area contributed by atoms with Crippen molar-refractivity contribution in [3.05, 3.63) is 41.4 Å². The molecule has 0 saturated carbocycles. The maximum Gasteiger partial charge on any atom is 0.237 e. The maximum atomic E-state index is 12.3. The molecule has 2 N–H and O–H groups in total. The zero-order valence-electron chi connectivity index (χ0n) is 12.5. The van der Waals surface area contributed by atoms with Gasteiger partial charge in [0.1, 0.15) is 0 Å². The number of thiazole rings is 1. The van der Waals surface area contributed by atoms with Crippen LogP contribution in [0.3, 0.4) is 0 Å². The van der Waals surface area contributed by atoms with Crippen molar-refractivity contribution < 1.29 is 9.59 Å². The van der Waals surface area contributed by atoms with Crippen LogP contribution in [0.1, 0.15) is 18.4 Å². The molecule has 120 valence electrons. The molecule has 0 bridgehead atoms. The third kappa shape index (κ3) is 4.33. The molecule has 1 unspecified atom stereocenters. The van der Waals surface area contributed by atoms with Crippen molar-refractivity contribution >= 4 is 45.7 Å². The van der Waals surface area contributed by atoms with Crippen LogP contribution in [0.25, 0.3) is 0 Å². The molecule has 0 saturated heterocycles. The highest BCUT2D eigenvalue weighted by Gasteiger charge is 2.23. The summed E-state index contributed by atoms with van der Waals surface area (Å²) >= 11 is 2.94. The van der Waals surface area contributed by atoms with Gasteiger partial charge in [0.05, 0.1) is 5.25 Å². The molecule has 1 aliphatic rings. The van der Waals surface area contributed by atoms with Crippen molar-refractivity contribution in [2.75, 3.05) is 16.4 Å². The van der Waals surface area contributed by atoms with Crippen molar-refractivity contribution in [2.24, 2.45) is 0 Å². The fraction of sp³-hybridized carbons (Fsp3) is 0.312. The number of hydrogen-bond donors (Lipinski definition) is 2. The topological polar surface area (TPSA) is 71.1 Å². The lowest BCUT2D eigenvalue weighted by atomic mass is 10.1. The number of amides is 2. The Hall–Kier alpha value is -1.86. The van der Waals surface area contributed by atoms with E-state index in [2.05, 4.69) is 15.6 Å². The standard InChI is InChI=1S/C16H17N3O2S2/c20-14(19-16-17-8-10-23-16)7-9-22-13-6-5-11-3-1-2-4-12(11)18-15(13)21/h1-4,8,10,13H,5-7,9H2,(H,18,21)(H,17,19,20). The molecule has 2 amide bonds. The van der Waals surface area contributed by atoms with Crippen LogP contribution >= 0.6 is 23.1 Å². The predicted molar refractivity (Wildman–Crippen MR) is 95.0 cm³/mol. The number of para-hydroxylation sites is 1. The fourth-order valence-corrected chi connectivity index (χ4v) is 4.04. The number of aryl methyl sites for hydroxylation is 1. The fourth-order valence-electron chi connectivity index (χ4n) is 2.41. The molecule has 2 aromatic rings. The van der Waals surface area contributed by atoms with Gasteiger partial charge in [-0.25, -0.2) is 4.98 Å². The van der Waals surface area contributed by atoms with E-state index in [1.807, 2.05) is 29.6 Å². The minimum Gasteiger partial charge on any atom is -0.325 e. The number of rotatable bonds is 5. The Kier molecular flexibility index (Phi) is 5.30. The monoisotopic (exact) mass is 347 g/mol. The Balaban J connectivity index is 1.47. The van der Waals surface area contributed by atoms with Crippen LogP contribution in [0.15, 0.2) is 35.8 Å². The minimum absolute atomic E-state index is 0.0280. The second kappa shape index (κ2) is 7.61. The molecule has 0 spiro atoms. The van der Waals surface area contributed by atoms with Crippen molar-refractivity contribution in [3.8, 4) is 0 Å². The van der Waals surface area contributed by atoms with Gasteiger partial charge in [-0.1, -0.05) is 18.2 Å². The molecule has 1 aromatic carbocycles. The third-order valence-electron chi connectivity index (χ3n) is 3.57. The molecule has 0 aliphatic carbocycles. The van der Waals surface area contributed by atoms with Crippen LogP contribution in [0.5, 0.6) is 0 Å². The largest absolute Gasteiger partial charge is 0.325 e. The van der Waals surface area contributed by atoms with Crippen LogP contribution in [0, 0.1) is 0 Å². The minimum atomic E-state index is -0.116. The number of thioether (sulfide) groups is 1. The number of nitrogens with zero attached hydrogens (tertiary/aromatic N) is 1. The average molecular weight is 347 g/mol. The van der Waals surface area contributed by atoms with Gasteiger partial charge in [0.2, 0.25) is 11.8 Å². The number of benzene rings is 1. The van der Waals surface area contributed by atoms with Gasteiger partial charge in [0.25, 0.3) is 0 Å². The smallest absolute Gasteiger partial charge is 0.237 e. The van der Waals surface area contributed by atoms with Crippen LogP contribution in [-0.2, 0) is 16.0 Å². The molecule has 5 nitrogen and oxygen atoms in total. The maximum absolute atomic E-state index is 12.3. The van der Waals surface area contributed by atoms with Gasteiger partial charge in [-0.3, -0.25) is 9.59 Å². The molecule has 3 rings (SSSR count). The summed E-state index contributed by atoms with van der Waals surface area (Å²) in [5, 5.41) is 8.05. The Bertz CT molecular complexity index is 688. The summed E-state index contributed by atoms with van der Waals surface area (Å²) in [4.78, 5) is 28.1. The lowest BCUT2D eigenvalue weighted by Crippen LogP contribution is -2.24. The van der Waals surface area contributed by atoms with Crippen LogP contribution in [0.2, 0.25) is 0 Å². The molecule has 0 fully saturated rings. The van der Waals surface area contributed by atoms with Crippen molar-refractivity contribution in [1.29, 1.82) is 0 Å². The number of anilines is 2. The van der Waals surface area contributed by atoms with Crippen LogP contribution in [0.4, 0.5) is 10.8 Å². The van der Waals surface area contributed by atoms with Gasteiger partial charge in [0, 0.05) is 29.4 Å². The number of hydrogen-bond acceptors (Lipinski definition) is 5. The molecule has 2 heterocycles. The average Bonchev–Trinajstić information content (AvgIpc) is 2.98. The van der Waals surface area contributed by atoms with E-state index in [0.717, 1.165) is 18.5 Å². The van der Waals surface area contributed by atoms with E-state index in [0.29, 0.717) is 17.3 Å². The first kappa shape index (κ1) is 16.0. The lowest BCUT2D eigenvalue weighted by Gasteiger charge is -2.12. The number of fused-ring (bicyclic) bond motifs is 1. The quantitative estimate of drug-likeness (QED) is 0.871. The molecule has 1 atom stereocenters. The van der Waals surface area contributed by atoms with E-state index in [1.165, 1.54) is 16.9 Å². The van der Waals surface area contributed by atoms with E-state index in [-0.39, 0.29) is 17.1 Å². The summed E-state index contributed by atoms with van der Waals surface area (Å²) in [7, 11) is 0. The molecular formula is C16H17N3O2S2. The van der Waals surface area contributed by atoms with Gasteiger partial charge in [-0.2, -0.15) is 0 Å². The summed E-state index contributed by atoms with van der Waals surface area (Å²) < 4.78 is 0. The van der Waals surface area contributed by atoms with Gasteiger partial charge in [-0.05, 0) is 24.5 Å². The highest BCUT2D eigenvalue weighted by atomic mass is 32.2. The zero-order chi connectivity index (χ0) is 16.1. The highest BCUT2D eigenvalue weighted by Crippen LogP contribution is 2.27. The summed E-state index contributed by atoms with van der Waals surface area (Å²) in [6, 6.07) is 7.89. The second-order valence-corrected chi connectivity index (χ2v) is 7.39. The predicted octanol–water partition coefficient (Wildman–Crippen LogP) is 3.16. The Morgan fingerprint density at radius 3 is 3.13 bits per heavy atom. The normalized spacial score (nSPS) is 17.0. The van der Waals surface area contributed by atoms with Crippen molar-refractivity contribution in [1.82, 2.24) is 4.98 Å². The Morgan fingerprint density at radius 2 is 2.30 bits per heavy atom. The van der Waals surface area contributed by atoms with Gasteiger partial charge in [0.15, 0.2) is 5.13 Å². The van der Waals surface area contributed by atoms with Gasteiger partial charge < -0.3 is 10.6 Å². The van der Waals surface area contributed by atoms with Crippen LogP contribution in [-0.4, -0.2) is 27.8 Å². The SMILES string of the molecule is O=C(CCSC1CCc2ccccc2NC1=O)Nc1nccs1. The molecule has 7 heteroatoms. The van der Waals surface area contributed by atoms with E-state index < -0.39 is 0 Å². The van der Waals surface area contributed by atoms with Gasteiger partial charge >= 0.3 is 0 Å². The molecule has 1 aliphatic heterocycles. The number of carbonyl (C=O) groups is 2. The second-order valence-electron chi connectivity index (χ2n) is 5.18. The van der Waals surface area contributed by atoms with E-state index in [9.17, 15) is 9.59 Å². The summed E-state index contributed by atoms with van der Waals surface area (Å²) in [5.74, 6) is 0.580.